The molecule has 0 bridgehead atoms. The fourth-order valence-corrected chi connectivity index (χ4v) is 3.11. The Morgan fingerprint density at radius 1 is 1.23 bits per heavy atom. The molecule has 3 aromatic rings. The molecule has 8 heteroatoms. The van der Waals surface area contributed by atoms with Crippen molar-refractivity contribution in [1.29, 1.82) is 5.26 Å². The monoisotopic (exact) mass is 369 g/mol. The van der Waals surface area contributed by atoms with Gasteiger partial charge in [-0.05, 0) is 29.8 Å². The smallest absolute Gasteiger partial charge is 0.356 e. The summed E-state index contributed by atoms with van der Waals surface area (Å²) in [5.41, 5.74) is 2.58. The van der Waals surface area contributed by atoms with Crippen LogP contribution in [0.2, 0.25) is 0 Å². The quantitative estimate of drug-likeness (QED) is 0.592. The van der Waals surface area contributed by atoms with E-state index in [2.05, 4.69) is 16.4 Å². The Labute approximate surface area is 150 Å². The van der Waals surface area contributed by atoms with Crippen LogP contribution in [0.4, 0.5) is 5.69 Å². The molecule has 0 saturated carbocycles. The lowest BCUT2D eigenvalue weighted by atomic mass is 10.1. The molecule has 0 aliphatic carbocycles. The molecule has 0 aliphatic rings. The van der Waals surface area contributed by atoms with Crippen LogP contribution in [0.5, 0.6) is 5.75 Å². The number of hydrogen-bond donors (Lipinski definition) is 3. The predicted octanol–water partition coefficient (Wildman–Crippen LogP) is 2.53. The van der Waals surface area contributed by atoms with Gasteiger partial charge in [0, 0.05) is 24.2 Å². The SMILES string of the molecule is COc1ccc2c(NCc3ccc(P(=O)(O)O)cc3)c(C#N)cnc2c1. The normalized spacial score (nSPS) is 11.2. The summed E-state index contributed by atoms with van der Waals surface area (Å²) in [6.07, 6.45) is 1.50. The van der Waals surface area contributed by atoms with Crippen molar-refractivity contribution in [2.75, 3.05) is 12.4 Å². The highest BCUT2D eigenvalue weighted by Crippen LogP contribution is 2.33. The number of benzene rings is 2. The van der Waals surface area contributed by atoms with Gasteiger partial charge in [0.25, 0.3) is 0 Å². The molecule has 0 saturated heterocycles. The molecule has 26 heavy (non-hydrogen) atoms. The van der Waals surface area contributed by atoms with Crippen molar-refractivity contribution in [1.82, 2.24) is 4.98 Å². The first kappa shape index (κ1) is 17.9. The summed E-state index contributed by atoms with van der Waals surface area (Å²) in [6.45, 7) is 0.390. The van der Waals surface area contributed by atoms with Crippen LogP contribution >= 0.6 is 7.60 Å². The molecule has 132 valence electrons. The van der Waals surface area contributed by atoms with Crippen LogP contribution in [-0.2, 0) is 11.1 Å². The number of nitrogens with zero attached hydrogens (tertiary/aromatic N) is 2. The van der Waals surface area contributed by atoms with Gasteiger partial charge in [0.1, 0.15) is 11.8 Å². The lowest BCUT2D eigenvalue weighted by Crippen LogP contribution is -2.06. The first-order valence-electron chi connectivity index (χ1n) is 7.68. The number of nitriles is 1. The van der Waals surface area contributed by atoms with E-state index in [0.717, 1.165) is 10.9 Å². The molecular formula is C18H16N3O4P. The van der Waals surface area contributed by atoms with Crippen LogP contribution in [0, 0.1) is 11.3 Å². The molecule has 0 fully saturated rings. The van der Waals surface area contributed by atoms with Crippen LogP contribution < -0.4 is 15.4 Å². The van der Waals surface area contributed by atoms with E-state index >= 15 is 0 Å². The van der Waals surface area contributed by atoms with Gasteiger partial charge in [0.05, 0.1) is 29.2 Å². The third kappa shape index (κ3) is 3.68. The molecule has 0 amide bonds. The minimum atomic E-state index is -4.25. The van der Waals surface area contributed by atoms with E-state index in [4.69, 9.17) is 14.5 Å². The van der Waals surface area contributed by atoms with E-state index in [9.17, 15) is 9.83 Å². The van der Waals surface area contributed by atoms with Crippen molar-refractivity contribution < 1.29 is 19.1 Å². The second-order valence-electron chi connectivity index (χ2n) is 5.61. The zero-order chi connectivity index (χ0) is 18.7. The number of anilines is 1. The van der Waals surface area contributed by atoms with Gasteiger partial charge >= 0.3 is 7.60 Å². The van der Waals surface area contributed by atoms with Crippen molar-refractivity contribution in [3.8, 4) is 11.8 Å². The predicted molar refractivity (Wildman–Crippen MR) is 98.5 cm³/mol. The Morgan fingerprint density at radius 2 is 1.96 bits per heavy atom. The highest BCUT2D eigenvalue weighted by Gasteiger charge is 2.16. The first-order chi connectivity index (χ1) is 12.4. The zero-order valence-electron chi connectivity index (χ0n) is 13.9. The number of methoxy groups -OCH3 is 1. The molecule has 2 aromatic carbocycles. The molecule has 3 N–H and O–H groups in total. The highest BCUT2D eigenvalue weighted by molar-refractivity contribution is 7.60. The van der Waals surface area contributed by atoms with Gasteiger partial charge in [0.2, 0.25) is 0 Å². The Hall–Kier alpha value is -2.91. The summed E-state index contributed by atoms with van der Waals surface area (Å²) in [4.78, 5) is 22.6. The second-order valence-corrected chi connectivity index (χ2v) is 7.21. The van der Waals surface area contributed by atoms with E-state index in [-0.39, 0.29) is 5.30 Å². The van der Waals surface area contributed by atoms with Crippen molar-refractivity contribution >= 4 is 29.5 Å². The first-order valence-corrected chi connectivity index (χ1v) is 9.29. The molecule has 0 radical (unpaired) electrons. The third-order valence-corrected chi connectivity index (χ3v) is 4.91. The average molecular weight is 369 g/mol. The maximum absolute atomic E-state index is 11.2. The summed E-state index contributed by atoms with van der Waals surface area (Å²) in [5, 5.41) is 13.3. The molecule has 0 spiro atoms. The summed E-state index contributed by atoms with van der Waals surface area (Å²) in [7, 11) is -2.68. The Kier molecular flexibility index (Phi) is 4.92. The fraction of sp³-hybridized carbons (Fsp3) is 0.111. The molecule has 3 rings (SSSR count). The van der Waals surface area contributed by atoms with Crippen LogP contribution in [0.3, 0.4) is 0 Å². The van der Waals surface area contributed by atoms with Gasteiger partial charge in [0.15, 0.2) is 0 Å². The van der Waals surface area contributed by atoms with Crippen LogP contribution in [0.1, 0.15) is 11.1 Å². The third-order valence-electron chi connectivity index (χ3n) is 3.94. The van der Waals surface area contributed by atoms with Gasteiger partial charge in [-0.3, -0.25) is 9.55 Å². The van der Waals surface area contributed by atoms with Gasteiger partial charge in [-0.25, -0.2) is 0 Å². The van der Waals surface area contributed by atoms with E-state index in [0.29, 0.717) is 29.1 Å². The highest BCUT2D eigenvalue weighted by atomic mass is 31.2. The number of pyridine rings is 1. The van der Waals surface area contributed by atoms with E-state index < -0.39 is 7.60 Å². The summed E-state index contributed by atoms with van der Waals surface area (Å²) in [6, 6.07) is 13.6. The molecule has 0 atom stereocenters. The van der Waals surface area contributed by atoms with Crippen molar-refractivity contribution in [2.24, 2.45) is 0 Å². The zero-order valence-corrected chi connectivity index (χ0v) is 14.8. The Balaban J connectivity index is 1.90. The largest absolute Gasteiger partial charge is 0.497 e. The molecule has 1 aromatic heterocycles. The average Bonchev–Trinajstić information content (AvgIpc) is 2.65. The second kappa shape index (κ2) is 7.14. The summed E-state index contributed by atoms with van der Waals surface area (Å²) < 4.78 is 16.4. The lowest BCUT2D eigenvalue weighted by molar-refractivity contribution is 0.387. The fourth-order valence-electron chi connectivity index (χ4n) is 2.57. The number of ether oxygens (including phenoxy) is 1. The van der Waals surface area contributed by atoms with Gasteiger partial charge in [-0.15, -0.1) is 0 Å². The van der Waals surface area contributed by atoms with Crippen molar-refractivity contribution in [2.45, 2.75) is 6.54 Å². The van der Waals surface area contributed by atoms with Crippen LogP contribution in [0.25, 0.3) is 10.9 Å². The number of aromatic nitrogens is 1. The molecule has 1 heterocycles. The summed E-state index contributed by atoms with van der Waals surface area (Å²) >= 11 is 0. The van der Waals surface area contributed by atoms with Crippen molar-refractivity contribution in [3.63, 3.8) is 0 Å². The maximum Gasteiger partial charge on any atom is 0.356 e. The maximum atomic E-state index is 11.2. The van der Waals surface area contributed by atoms with Gasteiger partial charge < -0.3 is 19.8 Å². The van der Waals surface area contributed by atoms with Crippen LogP contribution in [-0.4, -0.2) is 21.9 Å². The summed E-state index contributed by atoms with van der Waals surface area (Å²) in [5.74, 6) is 0.675. The topological polar surface area (TPSA) is 115 Å². The molecular weight excluding hydrogens is 353 g/mol. The van der Waals surface area contributed by atoms with E-state index in [1.54, 1.807) is 31.4 Å². The Bertz CT molecular complexity index is 1040. The Morgan fingerprint density at radius 3 is 2.58 bits per heavy atom. The van der Waals surface area contributed by atoms with E-state index in [1.807, 2.05) is 6.07 Å². The number of nitrogens with one attached hydrogen (secondary N) is 1. The van der Waals surface area contributed by atoms with Gasteiger partial charge in [-0.1, -0.05) is 12.1 Å². The van der Waals surface area contributed by atoms with E-state index in [1.165, 1.54) is 18.3 Å². The standard InChI is InChI=1S/C18H16N3O4P/c1-25-14-4-7-16-17(8-14)20-11-13(9-19)18(16)21-10-12-2-5-15(6-3-12)26(22,23)24/h2-8,11H,10H2,1H3,(H,20,21)(H2,22,23,24). The number of hydrogen-bond acceptors (Lipinski definition) is 5. The van der Waals surface area contributed by atoms with Crippen LogP contribution in [0.15, 0.2) is 48.7 Å². The van der Waals surface area contributed by atoms with Crippen molar-refractivity contribution in [3.05, 3.63) is 59.8 Å². The number of rotatable bonds is 5. The molecule has 7 nitrogen and oxygen atoms in total. The number of fused-ring (bicyclic) bond motifs is 1. The molecule has 0 unspecified atom stereocenters. The van der Waals surface area contributed by atoms with Gasteiger partial charge in [-0.2, -0.15) is 5.26 Å². The minimum absolute atomic E-state index is 0.0274. The minimum Gasteiger partial charge on any atom is -0.497 e. The molecule has 0 aliphatic heterocycles. The lowest BCUT2D eigenvalue weighted by Gasteiger charge is -2.12.